The first-order chi connectivity index (χ1) is 11.1. The number of nitrogens with one attached hydrogen (secondary N) is 1. The molecule has 0 radical (unpaired) electrons. The van der Waals surface area contributed by atoms with Crippen LogP contribution >= 0.6 is 11.3 Å². The molecule has 23 heavy (non-hydrogen) atoms. The summed E-state index contributed by atoms with van der Waals surface area (Å²) in [5.74, 6) is 1.61. The average Bonchev–Trinajstić information content (AvgIpc) is 3.23. The maximum absolute atomic E-state index is 5.21. The topological polar surface area (TPSA) is 63.8 Å². The van der Waals surface area contributed by atoms with Crippen LogP contribution in [0.2, 0.25) is 0 Å². The molecule has 1 aromatic carbocycles. The molecule has 1 atom stereocenters. The summed E-state index contributed by atoms with van der Waals surface area (Å²) in [5, 5.41) is 10.5. The first-order valence-electron chi connectivity index (χ1n) is 7.70. The zero-order valence-corrected chi connectivity index (χ0v) is 14.3. The highest BCUT2D eigenvalue weighted by Gasteiger charge is 2.14. The molecule has 0 aliphatic carbocycles. The Balaban J connectivity index is 1.62. The number of aromatic nitrogens is 3. The van der Waals surface area contributed by atoms with E-state index in [-0.39, 0.29) is 12.0 Å². The summed E-state index contributed by atoms with van der Waals surface area (Å²) < 4.78 is 5.21. The van der Waals surface area contributed by atoms with Crippen LogP contribution in [0.4, 0.5) is 0 Å². The Bertz CT molecular complexity index is 751. The fraction of sp³-hybridized carbons (Fsp3) is 0.353. The van der Waals surface area contributed by atoms with E-state index in [9.17, 15) is 0 Å². The second-order valence-corrected chi connectivity index (χ2v) is 6.63. The van der Waals surface area contributed by atoms with E-state index < -0.39 is 0 Å². The van der Waals surface area contributed by atoms with Crippen molar-refractivity contribution in [3.05, 3.63) is 52.4 Å². The van der Waals surface area contributed by atoms with E-state index >= 15 is 0 Å². The fourth-order valence-electron chi connectivity index (χ4n) is 2.13. The van der Waals surface area contributed by atoms with Gasteiger partial charge in [0.1, 0.15) is 5.01 Å². The van der Waals surface area contributed by atoms with Gasteiger partial charge in [-0.2, -0.15) is 4.98 Å². The lowest BCUT2D eigenvalue weighted by Crippen LogP contribution is -2.18. The van der Waals surface area contributed by atoms with Gasteiger partial charge in [0.25, 0.3) is 0 Å². The Kier molecular flexibility index (Phi) is 4.83. The predicted octanol–water partition coefficient (Wildman–Crippen LogP) is 4.17. The van der Waals surface area contributed by atoms with Gasteiger partial charge in [0.05, 0.1) is 18.3 Å². The van der Waals surface area contributed by atoms with Crippen molar-refractivity contribution in [2.24, 2.45) is 0 Å². The second kappa shape index (κ2) is 7.02. The quantitative estimate of drug-likeness (QED) is 0.736. The molecule has 3 rings (SSSR count). The molecule has 0 fully saturated rings. The molecule has 6 heteroatoms. The van der Waals surface area contributed by atoms with Gasteiger partial charge in [0.15, 0.2) is 5.82 Å². The average molecular weight is 328 g/mol. The molecule has 5 nitrogen and oxygen atoms in total. The molecule has 0 saturated heterocycles. The Hall–Kier alpha value is -2.05. The highest BCUT2D eigenvalue weighted by molar-refractivity contribution is 7.10. The van der Waals surface area contributed by atoms with Crippen molar-refractivity contribution >= 4 is 11.3 Å². The molecule has 3 aromatic rings. The van der Waals surface area contributed by atoms with Gasteiger partial charge in [-0.05, 0) is 6.92 Å². The minimum Gasteiger partial charge on any atom is -0.339 e. The van der Waals surface area contributed by atoms with Crippen molar-refractivity contribution in [1.29, 1.82) is 0 Å². The second-order valence-electron chi connectivity index (χ2n) is 5.74. The zero-order chi connectivity index (χ0) is 16.2. The summed E-state index contributed by atoms with van der Waals surface area (Å²) in [7, 11) is 0. The highest BCUT2D eigenvalue weighted by atomic mass is 32.1. The molecule has 0 aliphatic heterocycles. The van der Waals surface area contributed by atoms with Crippen LogP contribution in [0.25, 0.3) is 11.3 Å². The van der Waals surface area contributed by atoms with E-state index in [1.807, 2.05) is 32.0 Å². The normalized spacial score (nSPS) is 12.7. The van der Waals surface area contributed by atoms with Crippen molar-refractivity contribution < 1.29 is 4.52 Å². The van der Waals surface area contributed by atoms with Crippen molar-refractivity contribution in [1.82, 2.24) is 20.4 Å². The van der Waals surface area contributed by atoms with E-state index in [0.29, 0.717) is 18.3 Å². The Morgan fingerprint density at radius 3 is 2.61 bits per heavy atom. The number of benzene rings is 1. The SMILES string of the molecule is CC(C)c1nc(CNC(C)c2nc(-c3ccccc3)cs2)no1. The fourth-order valence-corrected chi connectivity index (χ4v) is 2.99. The van der Waals surface area contributed by atoms with Crippen LogP contribution in [-0.4, -0.2) is 15.1 Å². The van der Waals surface area contributed by atoms with E-state index in [1.165, 1.54) is 0 Å². The van der Waals surface area contributed by atoms with Crippen molar-refractivity contribution in [2.45, 2.75) is 39.3 Å². The van der Waals surface area contributed by atoms with Gasteiger partial charge < -0.3 is 9.84 Å². The van der Waals surface area contributed by atoms with Crippen LogP contribution in [0.1, 0.15) is 49.5 Å². The Morgan fingerprint density at radius 2 is 1.91 bits per heavy atom. The molecule has 0 amide bonds. The third kappa shape index (κ3) is 3.83. The van der Waals surface area contributed by atoms with Gasteiger partial charge >= 0.3 is 0 Å². The van der Waals surface area contributed by atoms with E-state index in [4.69, 9.17) is 9.51 Å². The van der Waals surface area contributed by atoms with Crippen LogP contribution in [0.3, 0.4) is 0 Å². The van der Waals surface area contributed by atoms with Gasteiger partial charge in [-0.25, -0.2) is 4.98 Å². The summed E-state index contributed by atoms with van der Waals surface area (Å²) in [6.45, 7) is 6.73. The lowest BCUT2D eigenvalue weighted by Gasteiger charge is -2.08. The van der Waals surface area contributed by atoms with Crippen LogP contribution in [0.5, 0.6) is 0 Å². The van der Waals surface area contributed by atoms with Crippen LogP contribution < -0.4 is 5.32 Å². The largest absolute Gasteiger partial charge is 0.339 e. The lowest BCUT2D eigenvalue weighted by atomic mass is 10.2. The first-order valence-corrected chi connectivity index (χ1v) is 8.58. The molecule has 120 valence electrons. The molecule has 0 saturated carbocycles. The molecule has 0 aliphatic rings. The molecule has 1 unspecified atom stereocenters. The summed E-state index contributed by atoms with van der Waals surface area (Å²) in [6.07, 6.45) is 0. The van der Waals surface area contributed by atoms with Gasteiger partial charge in [-0.3, -0.25) is 0 Å². The van der Waals surface area contributed by atoms with Crippen molar-refractivity contribution in [3.63, 3.8) is 0 Å². The van der Waals surface area contributed by atoms with E-state index in [2.05, 4.69) is 39.9 Å². The monoisotopic (exact) mass is 328 g/mol. The standard InChI is InChI=1S/C17H20N4OS/c1-11(2)16-20-15(21-22-16)9-18-12(3)17-19-14(10-23-17)13-7-5-4-6-8-13/h4-8,10-12,18H,9H2,1-3H3. The molecule has 2 heterocycles. The summed E-state index contributed by atoms with van der Waals surface area (Å²) >= 11 is 1.66. The van der Waals surface area contributed by atoms with Crippen LogP contribution in [0, 0.1) is 0 Å². The minimum atomic E-state index is 0.137. The Morgan fingerprint density at radius 1 is 1.13 bits per heavy atom. The maximum Gasteiger partial charge on any atom is 0.229 e. The lowest BCUT2D eigenvalue weighted by molar-refractivity contribution is 0.358. The Labute approximate surface area is 139 Å². The van der Waals surface area contributed by atoms with Gasteiger partial charge in [-0.1, -0.05) is 49.3 Å². The molecule has 2 aromatic heterocycles. The number of thiazole rings is 1. The van der Waals surface area contributed by atoms with Crippen molar-refractivity contribution in [3.8, 4) is 11.3 Å². The van der Waals surface area contributed by atoms with Crippen LogP contribution in [0.15, 0.2) is 40.2 Å². The molecule has 1 N–H and O–H groups in total. The molecule has 0 bridgehead atoms. The number of nitrogens with zero attached hydrogens (tertiary/aromatic N) is 3. The zero-order valence-electron chi connectivity index (χ0n) is 13.5. The molecular weight excluding hydrogens is 308 g/mol. The smallest absolute Gasteiger partial charge is 0.229 e. The third-order valence-electron chi connectivity index (χ3n) is 3.51. The van der Waals surface area contributed by atoms with Gasteiger partial charge in [0, 0.05) is 16.9 Å². The maximum atomic E-state index is 5.21. The van der Waals surface area contributed by atoms with E-state index in [1.54, 1.807) is 11.3 Å². The summed E-state index contributed by atoms with van der Waals surface area (Å²) in [6, 6.07) is 10.3. The van der Waals surface area contributed by atoms with Crippen LogP contribution in [-0.2, 0) is 6.54 Å². The van der Waals surface area contributed by atoms with Gasteiger partial charge in [0.2, 0.25) is 5.89 Å². The molecule has 0 spiro atoms. The summed E-state index contributed by atoms with van der Waals surface area (Å²) in [5.41, 5.74) is 2.16. The third-order valence-corrected chi connectivity index (χ3v) is 4.53. The number of hydrogen-bond donors (Lipinski definition) is 1. The van der Waals surface area contributed by atoms with Gasteiger partial charge in [-0.15, -0.1) is 11.3 Å². The number of rotatable bonds is 6. The number of hydrogen-bond acceptors (Lipinski definition) is 6. The minimum absolute atomic E-state index is 0.137. The molecular formula is C17H20N4OS. The summed E-state index contributed by atoms with van der Waals surface area (Å²) in [4.78, 5) is 9.09. The first kappa shape index (κ1) is 15.8. The highest BCUT2D eigenvalue weighted by Crippen LogP contribution is 2.25. The predicted molar refractivity (Wildman–Crippen MR) is 91.2 cm³/mol. The van der Waals surface area contributed by atoms with E-state index in [0.717, 1.165) is 16.3 Å². The van der Waals surface area contributed by atoms with Crippen molar-refractivity contribution in [2.75, 3.05) is 0 Å².